The van der Waals surface area contributed by atoms with Crippen molar-refractivity contribution >= 4 is 17.3 Å². The third-order valence-corrected chi connectivity index (χ3v) is 4.00. The molecule has 0 spiro atoms. The number of nitrogens with zero attached hydrogens (tertiary/aromatic N) is 2. The van der Waals surface area contributed by atoms with Gasteiger partial charge in [-0.3, -0.25) is 0 Å². The van der Waals surface area contributed by atoms with E-state index in [2.05, 4.69) is 10.4 Å². The van der Waals surface area contributed by atoms with Crippen molar-refractivity contribution in [3.05, 3.63) is 39.6 Å². The summed E-state index contributed by atoms with van der Waals surface area (Å²) in [6, 6.07) is 6.62. The van der Waals surface area contributed by atoms with E-state index in [-0.39, 0.29) is 5.38 Å². The minimum Gasteiger partial charge on any atom is -0.150 e. The van der Waals surface area contributed by atoms with Crippen molar-refractivity contribution in [2.24, 2.45) is 10.4 Å². The van der Waals surface area contributed by atoms with Crippen LogP contribution in [-0.4, -0.2) is 5.38 Å². The normalized spacial score (nSPS) is 28.6. The molecule has 0 aliphatic heterocycles. The van der Waals surface area contributed by atoms with Crippen molar-refractivity contribution in [1.29, 1.82) is 0 Å². The number of benzene rings is 1. The van der Waals surface area contributed by atoms with Crippen molar-refractivity contribution in [2.45, 2.75) is 36.6 Å². The zero-order chi connectivity index (χ0) is 12.3. The average molecular weight is 253 g/mol. The van der Waals surface area contributed by atoms with E-state index in [1.165, 1.54) is 0 Å². The van der Waals surface area contributed by atoms with Crippen molar-refractivity contribution in [1.82, 2.24) is 0 Å². The van der Waals surface area contributed by atoms with Crippen LogP contribution in [0.1, 0.15) is 31.2 Å². The molecule has 0 amide bonds. The molecule has 5 heteroatoms. The van der Waals surface area contributed by atoms with Crippen LogP contribution in [0.3, 0.4) is 0 Å². The molecule has 1 aliphatic rings. The number of hydrogen-bond acceptors (Lipinski definition) is 4. The van der Waals surface area contributed by atoms with Gasteiger partial charge in [0, 0.05) is 0 Å². The van der Waals surface area contributed by atoms with Gasteiger partial charge in [-0.05, 0) is 35.7 Å². The van der Waals surface area contributed by atoms with E-state index in [1.807, 2.05) is 0 Å². The molecule has 2 rings (SSSR count). The highest BCUT2D eigenvalue weighted by Gasteiger charge is 2.43. The zero-order valence-corrected chi connectivity index (χ0v) is 10.1. The lowest BCUT2D eigenvalue weighted by Gasteiger charge is -2.35. The number of hydrogen-bond donors (Lipinski definition) is 0. The summed E-state index contributed by atoms with van der Waals surface area (Å²) >= 11 is 6.27. The standard InChI is InChI=1S/C12H13ClN2O2/c13-11-3-1-2-8-12(11,15-17)9-4-6-10(14-16)7-5-9/h4-7,11H,1-3,8H2. The highest BCUT2D eigenvalue weighted by Crippen LogP contribution is 2.43. The lowest BCUT2D eigenvalue weighted by Crippen LogP contribution is -2.36. The van der Waals surface area contributed by atoms with Gasteiger partial charge < -0.3 is 0 Å². The van der Waals surface area contributed by atoms with Gasteiger partial charge in [0.2, 0.25) is 0 Å². The SMILES string of the molecule is O=Nc1ccc(C2(N=O)CCCCC2Cl)cc1. The van der Waals surface area contributed by atoms with Gasteiger partial charge in [0.25, 0.3) is 0 Å². The summed E-state index contributed by atoms with van der Waals surface area (Å²) in [5.74, 6) is 0. The number of alkyl halides is 1. The fraction of sp³-hybridized carbons (Fsp3) is 0.500. The molecule has 17 heavy (non-hydrogen) atoms. The van der Waals surface area contributed by atoms with Crippen LogP contribution in [0.5, 0.6) is 0 Å². The topological polar surface area (TPSA) is 58.9 Å². The fourth-order valence-electron chi connectivity index (χ4n) is 2.41. The molecule has 1 saturated carbocycles. The second-order valence-corrected chi connectivity index (χ2v) is 4.89. The molecule has 2 atom stereocenters. The maximum absolute atomic E-state index is 11.2. The van der Waals surface area contributed by atoms with E-state index < -0.39 is 5.54 Å². The Balaban J connectivity index is 2.38. The van der Waals surface area contributed by atoms with Crippen LogP contribution in [0.15, 0.2) is 34.6 Å². The molecule has 0 aromatic heterocycles. The van der Waals surface area contributed by atoms with Gasteiger partial charge in [-0.2, -0.15) is 0 Å². The summed E-state index contributed by atoms with van der Waals surface area (Å²) in [5.41, 5.74) is 0.276. The molecular formula is C12H13ClN2O2. The maximum atomic E-state index is 11.2. The van der Waals surface area contributed by atoms with E-state index in [0.29, 0.717) is 12.1 Å². The van der Waals surface area contributed by atoms with Crippen molar-refractivity contribution in [3.8, 4) is 0 Å². The smallest absolute Gasteiger partial charge is 0.144 e. The van der Waals surface area contributed by atoms with Crippen LogP contribution in [0.2, 0.25) is 0 Å². The minimum atomic E-state index is -0.846. The molecule has 0 saturated heterocycles. The van der Waals surface area contributed by atoms with Crippen LogP contribution < -0.4 is 0 Å². The first-order chi connectivity index (χ1) is 8.23. The Bertz CT molecular complexity index is 421. The van der Waals surface area contributed by atoms with Crippen LogP contribution in [0.25, 0.3) is 0 Å². The van der Waals surface area contributed by atoms with Crippen molar-refractivity contribution in [2.75, 3.05) is 0 Å². The third kappa shape index (κ3) is 2.09. The summed E-state index contributed by atoms with van der Waals surface area (Å²) in [5, 5.41) is 5.85. The van der Waals surface area contributed by atoms with Crippen molar-refractivity contribution in [3.63, 3.8) is 0 Å². The maximum Gasteiger partial charge on any atom is 0.144 e. The zero-order valence-electron chi connectivity index (χ0n) is 9.30. The van der Waals surface area contributed by atoms with Gasteiger partial charge in [0.05, 0.1) is 5.38 Å². The Morgan fingerprint density at radius 3 is 2.41 bits per heavy atom. The Hall–Kier alpha value is -1.29. The van der Waals surface area contributed by atoms with Gasteiger partial charge in [-0.15, -0.1) is 21.4 Å². The Morgan fingerprint density at radius 1 is 1.18 bits per heavy atom. The highest BCUT2D eigenvalue weighted by molar-refractivity contribution is 6.21. The Labute approximate surface area is 104 Å². The first-order valence-corrected chi connectivity index (χ1v) is 6.09. The summed E-state index contributed by atoms with van der Waals surface area (Å²) in [6.45, 7) is 0. The summed E-state index contributed by atoms with van der Waals surface area (Å²) in [4.78, 5) is 21.6. The Kier molecular flexibility index (Phi) is 3.52. The fourth-order valence-corrected chi connectivity index (χ4v) is 2.83. The van der Waals surface area contributed by atoms with E-state index in [1.54, 1.807) is 24.3 Å². The summed E-state index contributed by atoms with van der Waals surface area (Å²) in [7, 11) is 0. The summed E-state index contributed by atoms with van der Waals surface area (Å²) < 4.78 is 0. The average Bonchev–Trinajstić information content (AvgIpc) is 2.40. The van der Waals surface area contributed by atoms with Crippen LogP contribution in [-0.2, 0) is 5.54 Å². The molecule has 0 N–H and O–H groups in total. The Morgan fingerprint density at radius 2 is 1.88 bits per heavy atom. The highest BCUT2D eigenvalue weighted by atomic mass is 35.5. The van der Waals surface area contributed by atoms with E-state index in [0.717, 1.165) is 24.8 Å². The molecule has 0 radical (unpaired) electrons. The molecule has 1 aromatic rings. The molecule has 4 nitrogen and oxygen atoms in total. The number of rotatable bonds is 3. The number of halogens is 1. The van der Waals surface area contributed by atoms with Crippen molar-refractivity contribution < 1.29 is 0 Å². The van der Waals surface area contributed by atoms with Gasteiger partial charge in [0.15, 0.2) is 0 Å². The van der Waals surface area contributed by atoms with Gasteiger partial charge >= 0.3 is 0 Å². The van der Waals surface area contributed by atoms with Crippen LogP contribution >= 0.6 is 11.6 Å². The predicted octanol–water partition coefficient (Wildman–Crippen LogP) is 4.23. The first-order valence-electron chi connectivity index (χ1n) is 5.65. The molecular weight excluding hydrogens is 240 g/mol. The monoisotopic (exact) mass is 252 g/mol. The van der Waals surface area contributed by atoms with E-state index in [9.17, 15) is 9.81 Å². The molecule has 90 valence electrons. The van der Waals surface area contributed by atoms with Gasteiger partial charge in [0.1, 0.15) is 11.2 Å². The molecule has 1 aromatic carbocycles. The molecule has 1 aliphatic carbocycles. The second kappa shape index (κ2) is 4.92. The first kappa shape index (κ1) is 12.2. The number of nitroso groups, excluding NO2 is 2. The lowest BCUT2D eigenvalue weighted by molar-refractivity contribution is 0.309. The van der Waals surface area contributed by atoms with Crippen LogP contribution in [0, 0.1) is 9.81 Å². The second-order valence-electron chi connectivity index (χ2n) is 4.37. The minimum absolute atomic E-state index is 0.274. The summed E-state index contributed by atoms with van der Waals surface area (Å²) in [6.07, 6.45) is 3.43. The quantitative estimate of drug-likeness (QED) is 0.597. The lowest BCUT2D eigenvalue weighted by atomic mass is 9.77. The molecule has 0 bridgehead atoms. The predicted molar refractivity (Wildman–Crippen MR) is 67.5 cm³/mol. The van der Waals surface area contributed by atoms with E-state index >= 15 is 0 Å². The largest absolute Gasteiger partial charge is 0.150 e. The third-order valence-electron chi connectivity index (χ3n) is 3.42. The van der Waals surface area contributed by atoms with Crippen LogP contribution in [0.4, 0.5) is 5.69 Å². The molecule has 0 heterocycles. The van der Waals surface area contributed by atoms with E-state index in [4.69, 9.17) is 11.6 Å². The van der Waals surface area contributed by atoms with Gasteiger partial charge in [-0.1, -0.05) is 30.2 Å². The van der Waals surface area contributed by atoms with Gasteiger partial charge in [-0.25, -0.2) is 0 Å². The molecule has 1 fully saturated rings. The molecule has 2 unspecified atom stereocenters.